The van der Waals surface area contributed by atoms with Gasteiger partial charge in [0.2, 0.25) is 23.6 Å². The molecule has 1 aromatic carbocycles. The van der Waals surface area contributed by atoms with Crippen LogP contribution >= 0.6 is 23.5 Å². The molecule has 0 radical (unpaired) electrons. The first-order valence-corrected chi connectivity index (χ1v) is 15.1. The fourth-order valence-corrected chi connectivity index (χ4v) is 4.80. The highest BCUT2D eigenvalue weighted by molar-refractivity contribution is 7.98. The van der Waals surface area contributed by atoms with Crippen molar-refractivity contribution in [3.8, 4) is 0 Å². The van der Waals surface area contributed by atoms with Gasteiger partial charge in [0.1, 0.15) is 18.1 Å². The van der Waals surface area contributed by atoms with Crippen molar-refractivity contribution in [1.82, 2.24) is 20.9 Å². The number of amides is 4. The number of fused-ring (bicyclic) bond motifs is 1. The summed E-state index contributed by atoms with van der Waals surface area (Å²) in [6.45, 7) is 0. The maximum absolute atomic E-state index is 13.4. The molecule has 214 valence electrons. The highest BCUT2D eigenvalue weighted by Crippen LogP contribution is 2.19. The Labute approximate surface area is 235 Å². The topological polar surface area (TPSA) is 210 Å². The Kier molecular flexibility index (Phi) is 13.1. The summed E-state index contributed by atoms with van der Waals surface area (Å²) in [4.78, 5) is 65.3. The van der Waals surface area contributed by atoms with Crippen molar-refractivity contribution in [1.29, 1.82) is 0 Å². The normalized spacial score (nSPS) is 14.1. The zero-order valence-corrected chi connectivity index (χ0v) is 23.5. The number of rotatable bonds is 17. The number of thioether (sulfide) groups is 2. The Morgan fingerprint density at radius 2 is 1.46 bits per heavy atom. The molecule has 14 heteroatoms. The zero-order valence-electron chi connectivity index (χ0n) is 21.9. The van der Waals surface area contributed by atoms with E-state index >= 15 is 0 Å². The van der Waals surface area contributed by atoms with Gasteiger partial charge in [0.25, 0.3) is 0 Å². The summed E-state index contributed by atoms with van der Waals surface area (Å²) in [7, 11) is 0. The molecule has 0 bridgehead atoms. The average molecular weight is 581 g/mol. The molecule has 2 aromatic rings. The molecule has 0 fully saturated rings. The van der Waals surface area contributed by atoms with Gasteiger partial charge < -0.3 is 37.5 Å². The van der Waals surface area contributed by atoms with Crippen LogP contribution in [0.15, 0.2) is 30.5 Å². The van der Waals surface area contributed by atoms with Crippen LogP contribution in [0.4, 0.5) is 0 Å². The first-order valence-electron chi connectivity index (χ1n) is 12.3. The number of nitrogens with two attached hydrogens (primary N) is 2. The van der Waals surface area contributed by atoms with Crippen LogP contribution in [0.1, 0.15) is 24.8 Å². The predicted octanol–water partition coefficient (Wildman–Crippen LogP) is -0.0417. The maximum Gasteiger partial charge on any atom is 0.326 e. The molecule has 0 saturated heterocycles. The smallest absolute Gasteiger partial charge is 0.326 e. The van der Waals surface area contributed by atoms with Crippen molar-refractivity contribution in [3.63, 3.8) is 0 Å². The van der Waals surface area contributed by atoms with Crippen molar-refractivity contribution >= 4 is 64.0 Å². The van der Waals surface area contributed by atoms with Crippen LogP contribution < -0.4 is 27.4 Å². The van der Waals surface area contributed by atoms with E-state index in [1.807, 2.05) is 36.8 Å². The van der Waals surface area contributed by atoms with Gasteiger partial charge in [-0.2, -0.15) is 23.5 Å². The van der Waals surface area contributed by atoms with Crippen molar-refractivity contribution in [3.05, 3.63) is 36.0 Å². The SMILES string of the molecule is CSCCC(NC(=O)C(Cc1c[nH]c2ccccc12)NC(=O)C(CCSC)NC(=O)C(N)CC(N)=O)C(=O)O. The Bertz CT molecular complexity index is 1160. The molecule has 0 spiro atoms. The fraction of sp³-hybridized carbons (Fsp3) is 0.480. The predicted molar refractivity (Wildman–Crippen MR) is 153 cm³/mol. The number of primary amides is 1. The van der Waals surface area contributed by atoms with Gasteiger partial charge in [0.15, 0.2) is 0 Å². The Morgan fingerprint density at radius 3 is 2.08 bits per heavy atom. The number of nitrogens with one attached hydrogen (secondary N) is 4. The summed E-state index contributed by atoms with van der Waals surface area (Å²) in [6, 6.07) is 2.90. The Balaban J connectivity index is 2.29. The minimum absolute atomic E-state index is 0.0703. The third-order valence-corrected chi connectivity index (χ3v) is 7.25. The van der Waals surface area contributed by atoms with Crippen molar-refractivity contribution in [2.45, 2.75) is 49.9 Å². The van der Waals surface area contributed by atoms with Gasteiger partial charge in [-0.25, -0.2) is 4.79 Å². The van der Waals surface area contributed by atoms with Crippen LogP contribution in [0, 0.1) is 0 Å². The lowest BCUT2D eigenvalue weighted by atomic mass is 10.0. The molecule has 2 rings (SSSR count). The highest BCUT2D eigenvalue weighted by atomic mass is 32.2. The van der Waals surface area contributed by atoms with Gasteiger partial charge >= 0.3 is 5.97 Å². The van der Waals surface area contributed by atoms with Crippen molar-refractivity contribution < 1.29 is 29.1 Å². The summed E-state index contributed by atoms with van der Waals surface area (Å²) < 4.78 is 0. The summed E-state index contributed by atoms with van der Waals surface area (Å²) >= 11 is 2.91. The molecule has 0 aliphatic heterocycles. The van der Waals surface area contributed by atoms with E-state index in [9.17, 15) is 29.1 Å². The van der Waals surface area contributed by atoms with Crippen LogP contribution in [0.5, 0.6) is 0 Å². The summed E-state index contributed by atoms with van der Waals surface area (Å²) in [5, 5.41) is 18.2. The number of hydrogen-bond acceptors (Lipinski definition) is 8. The lowest BCUT2D eigenvalue weighted by Gasteiger charge is -2.25. The number of aromatic nitrogens is 1. The first kappa shape index (κ1) is 32.0. The number of H-pyrrole nitrogens is 1. The van der Waals surface area contributed by atoms with Crippen LogP contribution in [0.25, 0.3) is 10.9 Å². The third kappa shape index (κ3) is 10.1. The molecule has 0 aliphatic carbocycles. The molecular weight excluding hydrogens is 544 g/mol. The van der Waals surface area contributed by atoms with Crippen molar-refractivity contribution in [2.75, 3.05) is 24.0 Å². The van der Waals surface area contributed by atoms with E-state index in [-0.39, 0.29) is 25.7 Å². The van der Waals surface area contributed by atoms with E-state index < -0.39 is 53.8 Å². The number of para-hydroxylation sites is 1. The van der Waals surface area contributed by atoms with Crippen LogP contribution in [0.3, 0.4) is 0 Å². The van der Waals surface area contributed by atoms with Gasteiger partial charge in [-0.1, -0.05) is 18.2 Å². The van der Waals surface area contributed by atoms with Gasteiger partial charge in [0, 0.05) is 23.5 Å². The minimum atomic E-state index is -1.23. The highest BCUT2D eigenvalue weighted by Gasteiger charge is 2.31. The molecule has 4 amide bonds. The Hall–Kier alpha value is -3.23. The number of aliphatic carboxylic acids is 1. The number of carboxylic acid groups (broad SMARTS) is 1. The van der Waals surface area contributed by atoms with Gasteiger partial charge in [0.05, 0.1) is 12.5 Å². The number of benzene rings is 1. The largest absolute Gasteiger partial charge is 0.480 e. The summed E-state index contributed by atoms with van der Waals surface area (Å²) in [5.41, 5.74) is 12.4. The molecular formula is C25H36N6O6S2. The third-order valence-electron chi connectivity index (χ3n) is 5.96. The second-order valence-electron chi connectivity index (χ2n) is 8.93. The van der Waals surface area contributed by atoms with E-state index in [1.54, 1.807) is 6.20 Å². The molecule has 4 unspecified atom stereocenters. The number of carboxylic acids is 1. The second-order valence-corrected chi connectivity index (χ2v) is 10.9. The number of carbonyl (C=O) groups is 5. The number of hydrogen-bond donors (Lipinski definition) is 7. The standard InChI is InChI=1S/C25H36N6O6S2/c1-38-9-7-18(29-22(33)16(26)12-21(27)32)23(34)31-20(24(35)30-19(25(36)37)8-10-39-2)11-14-13-28-17-6-4-3-5-15(14)17/h3-6,13,16,18-20,28H,7-12,26H2,1-2H3,(H2,27,32)(H,29,33)(H,30,35)(H,31,34)(H,36,37). The van der Waals surface area contributed by atoms with E-state index in [1.165, 1.54) is 23.5 Å². The van der Waals surface area contributed by atoms with Crippen LogP contribution in [-0.2, 0) is 30.4 Å². The second kappa shape index (κ2) is 16.0. The molecule has 1 heterocycles. The van der Waals surface area contributed by atoms with E-state index in [0.29, 0.717) is 11.5 Å². The number of aromatic amines is 1. The molecule has 4 atom stereocenters. The van der Waals surface area contributed by atoms with Gasteiger partial charge in [-0.15, -0.1) is 0 Å². The monoisotopic (exact) mass is 580 g/mol. The number of carbonyl (C=O) groups excluding carboxylic acids is 4. The minimum Gasteiger partial charge on any atom is -0.480 e. The van der Waals surface area contributed by atoms with E-state index in [0.717, 1.165) is 16.5 Å². The summed E-state index contributed by atoms with van der Waals surface area (Å²) in [6.07, 6.45) is 5.52. The molecule has 12 nitrogen and oxygen atoms in total. The Morgan fingerprint density at radius 1 is 0.897 bits per heavy atom. The lowest BCUT2D eigenvalue weighted by molar-refractivity contribution is -0.142. The van der Waals surface area contributed by atoms with Gasteiger partial charge in [-0.3, -0.25) is 19.2 Å². The fourth-order valence-electron chi connectivity index (χ4n) is 3.86. The quantitative estimate of drug-likeness (QED) is 0.134. The summed E-state index contributed by atoms with van der Waals surface area (Å²) in [5.74, 6) is -2.93. The first-order chi connectivity index (χ1) is 18.6. The van der Waals surface area contributed by atoms with Gasteiger partial charge in [-0.05, 0) is 48.5 Å². The zero-order chi connectivity index (χ0) is 28.9. The van der Waals surface area contributed by atoms with E-state index in [4.69, 9.17) is 11.5 Å². The molecule has 1 aromatic heterocycles. The van der Waals surface area contributed by atoms with Crippen LogP contribution in [-0.4, -0.2) is 87.9 Å². The maximum atomic E-state index is 13.4. The molecule has 39 heavy (non-hydrogen) atoms. The average Bonchev–Trinajstić information content (AvgIpc) is 3.30. The lowest BCUT2D eigenvalue weighted by Crippen LogP contribution is -2.58. The van der Waals surface area contributed by atoms with Crippen LogP contribution in [0.2, 0.25) is 0 Å². The van der Waals surface area contributed by atoms with Crippen molar-refractivity contribution in [2.24, 2.45) is 11.5 Å². The molecule has 0 aliphatic rings. The van der Waals surface area contributed by atoms with E-state index in [2.05, 4.69) is 20.9 Å². The molecule has 9 N–H and O–H groups in total. The molecule has 0 saturated carbocycles.